The van der Waals surface area contributed by atoms with Crippen molar-refractivity contribution >= 4 is 17.9 Å². The van der Waals surface area contributed by atoms with Gasteiger partial charge in [0.2, 0.25) is 0 Å². The molecule has 6 heteroatoms. The number of rotatable bonds is 6. The molecule has 0 spiro atoms. The third-order valence-corrected chi connectivity index (χ3v) is 5.17. The molecule has 0 radical (unpaired) electrons. The van der Waals surface area contributed by atoms with E-state index in [0.29, 0.717) is 11.7 Å². The molecule has 1 aromatic rings. The molecule has 1 aliphatic carbocycles. The zero-order valence-electron chi connectivity index (χ0n) is 14.7. The molecule has 0 bridgehead atoms. The van der Waals surface area contributed by atoms with Crippen molar-refractivity contribution in [2.75, 3.05) is 25.0 Å². The first kappa shape index (κ1) is 17.9. The molecule has 2 N–H and O–H groups in total. The highest BCUT2D eigenvalue weighted by molar-refractivity contribution is 5.84. The van der Waals surface area contributed by atoms with Crippen molar-refractivity contribution in [1.29, 1.82) is 0 Å². The maximum absolute atomic E-state index is 10.5. The summed E-state index contributed by atoms with van der Waals surface area (Å²) in [6.45, 7) is 3.51. The lowest BCUT2D eigenvalue weighted by Crippen LogP contribution is -2.44. The van der Waals surface area contributed by atoms with E-state index in [9.17, 15) is 4.79 Å². The summed E-state index contributed by atoms with van der Waals surface area (Å²) in [4.78, 5) is 21.7. The summed E-state index contributed by atoms with van der Waals surface area (Å²) in [7, 11) is 0. The van der Waals surface area contributed by atoms with E-state index in [1.807, 2.05) is 0 Å². The van der Waals surface area contributed by atoms with Crippen LogP contribution in [-0.4, -0.2) is 51.6 Å². The Bertz CT molecular complexity index is 582. The second kappa shape index (κ2) is 8.94. The number of carboxylic acids is 1. The van der Waals surface area contributed by atoms with Crippen LogP contribution in [0.4, 0.5) is 5.82 Å². The van der Waals surface area contributed by atoms with E-state index in [4.69, 9.17) is 5.11 Å². The Morgan fingerprint density at radius 1 is 1.20 bits per heavy atom. The first-order valence-electron chi connectivity index (χ1n) is 9.41. The number of hydrogen-bond donors (Lipinski definition) is 2. The van der Waals surface area contributed by atoms with Gasteiger partial charge in [0, 0.05) is 25.2 Å². The van der Waals surface area contributed by atoms with Crippen LogP contribution < -0.4 is 5.32 Å². The van der Waals surface area contributed by atoms with Crippen molar-refractivity contribution in [2.45, 2.75) is 51.0 Å². The fourth-order valence-corrected chi connectivity index (χ4v) is 3.94. The summed E-state index contributed by atoms with van der Waals surface area (Å²) in [5, 5.41) is 12.1. The van der Waals surface area contributed by atoms with E-state index in [1.54, 1.807) is 12.4 Å². The molecule has 2 aliphatic rings. The topological polar surface area (TPSA) is 78.3 Å². The summed E-state index contributed by atoms with van der Waals surface area (Å²) in [5.74, 6) is 0.661. The van der Waals surface area contributed by atoms with Gasteiger partial charge in [-0.15, -0.1) is 0 Å². The number of likely N-dealkylation sites (tertiary alicyclic amines) is 1. The normalized spacial score (nSPS) is 23.0. The van der Waals surface area contributed by atoms with E-state index < -0.39 is 5.97 Å². The van der Waals surface area contributed by atoms with Crippen LogP contribution in [0.1, 0.15) is 50.6 Å². The monoisotopic (exact) mass is 344 g/mol. The second-order valence-corrected chi connectivity index (χ2v) is 7.25. The number of anilines is 1. The largest absolute Gasteiger partial charge is 0.478 e. The van der Waals surface area contributed by atoms with Gasteiger partial charge in [-0.2, -0.15) is 0 Å². The Morgan fingerprint density at radius 2 is 2.04 bits per heavy atom. The molecule has 0 amide bonds. The zero-order chi connectivity index (χ0) is 17.5. The van der Waals surface area contributed by atoms with E-state index in [2.05, 4.69) is 20.2 Å². The average Bonchev–Trinajstić information content (AvgIpc) is 2.62. The van der Waals surface area contributed by atoms with Crippen molar-refractivity contribution in [2.24, 2.45) is 5.92 Å². The molecule has 0 aromatic carbocycles. The van der Waals surface area contributed by atoms with Crippen molar-refractivity contribution < 1.29 is 9.90 Å². The van der Waals surface area contributed by atoms with Crippen LogP contribution in [0.15, 0.2) is 18.5 Å². The van der Waals surface area contributed by atoms with Gasteiger partial charge in [0.25, 0.3) is 0 Å². The number of carbonyl (C=O) groups is 1. The minimum atomic E-state index is -0.982. The zero-order valence-corrected chi connectivity index (χ0v) is 14.7. The van der Waals surface area contributed by atoms with Crippen LogP contribution in [0, 0.1) is 5.92 Å². The molecule has 1 aliphatic heterocycles. The predicted octanol–water partition coefficient (Wildman–Crippen LogP) is 3.03. The van der Waals surface area contributed by atoms with Crippen LogP contribution in [-0.2, 0) is 4.79 Å². The third kappa shape index (κ3) is 5.81. The Labute approximate surface area is 149 Å². The van der Waals surface area contributed by atoms with Crippen molar-refractivity contribution in [3.05, 3.63) is 24.2 Å². The van der Waals surface area contributed by atoms with Crippen LogP contribution in [0.5, 0.6) is 0 Å². The van der Waals surface area contributed by atoms with Crippen molar-refractivity contribution in [3.8, 4) is 0 Å². The van der Waals surface area contributed by atoms with Gasteiger partial charge in [-0.25, -0.2) is 9.78 Å². The molecular formula is C19H28N4O2. The molecule has 6 nitrogen and oxygen atoms in total. The number of carboxylic acid groups (broad SMARTS) is 1. The van der Waals surface area contributed by atoms with Gasteiger partial charge < -0.3 is 15.3 Å². The SMILES string of the molecule is O=C(O)C=Cc1cnc(N[C@@H]2CCCN(CC3CCCCC3)C2)cn1. The number of aromatic nitrogens is 2. The van der Waals surface area contributed by atoms with Crippen molar-refractivity contribution in [3.63, 3.8) is 0 Å². The van der Waals surface area contributed by atoms with E-state index in [0.717, 1.165) is 30.8 Å². The number of piperidine rings is 1. The molecule has 25 heavy (non-hydrogen) atoms. The van der Waals surface area contributed by atoms with Gasteiger partial charge in [-0.1, -0.05) is 19.3 Å². The quantitative estimate of drug-likeness (QED) is 0.772. The molecule has 136 valence electrons. The Hall–Kier alpha value is -1.95. The first-order chi connectivity index (χ1) is 12.2. The number of aliphatic carboxylic acids is 1. The fraction of sp³-hybridized carbons (Fsp3) is 0.632. The van der Waals surface area contributed by atoms with Gasteiger partial charge in [0.15, 0.2) is 0 Å². The van der Waals surface area contributed by atoms with E-state index in [1.165, 1.54) is 57.7 Å². The maximum atomic E-state index is 10.5. The highest BCUT2D eigenvalue weighted by Crippen LogP contribution is 2.25. The predicted molar refractivity (Wildman–Crippen MR) is 98.4 cm³/mol. The fourth-order valence-electron chi connectivity index (χ4n) is 3.94. The van der Waals surface area contributed by atoms with Gasteiger partial charge in [-0.3, -0.25) is 4.98 Å². The molecule has 1 saturated carbocycles. The number of nitrogens with one attached hydrogen (secondary N) is 1. The van der Waals surface area contributed by atoms with Crippen LogP contribution >= 0.6 is 0 Å². The third-order valence-electron chi connectivity index (χ3n) is 5.17. The van der Waals surface area contributed by atoms with E-state index in [-0.39, 0.29) is 0 Å². The number of nitrogens with zero attached hydrogens (tertiary/aromatic N) is 3. The smallest absolute Gasteiger partial charge is 0.328 e. The highest BCUT2D eigenvalue weighted by Gasteiger charge is 2.23. The highest BCUT2D eigenvalue weighted by atomic mass is 16.4. The van der Waals surface area contributed by atoms with Crippen molar-refractivity contribution in [1.82, 2.24) is 14.9 Å². The van der Waals surface area contributed by atoms with Crippen LogP contribution in [0.25, 0.3) is 6.08 Å². The van der Waals surface area contributed by atoms with Gasteiger partial charge in [0.1, 0.15) is 5.82 Å². The lowest BCUT2D eigenvalue weighted by molar-refractivity contribution is -0.131. The molecule has 2 fully saturated rings. The molecule has 1 aromatic heterocycles. The minimum Gasteiger partial charge on any atom is -0.478 e. The van der Waals surface area contributed by atoms with Gasteiger partial charge in [-0.05, 0) is 44.2 Å². The first-order valence-corrected chi connectivity index (χ1v) is 9.41. The summed E-state index contributed by atoms with van der Waals surface area (Å²) in [6, 6.07) is 0.409. The standard InChI is InChI=1S/C19H28N4O2/c24-19(25)9-8-16-11-21-18(12-20-16)22-17-7-4-10-23(14-17)13-15-5-2-1-3-6-15/h8-9,11-12,15,17H,1-7,10,13-14H2,(H,21,22)(H,24,25)/t17-/m1/s1. The lowest BCUT2D eigenvalue weighted by atomic mass is 9.88. The Balaban J connectivity index is 1.49. The second-order valence-electron chi connectivity index (χ2n) is 7.25. The average molecular weight is 344 g/mol. The molecule has 2 heterocycles. The molecule has 1 atom stereocenters. The lowest BCUT2D eigenvalue weighted by Gasteiger charge is -2.36. The minimum absolute atomic E-state index is 0.409. The summed E-state index contributed by atoms with van der Waals surface area (Å²) in [6.07, 6.45) is 15.2. The molecule has 1 saturated heterocycles. The molecule has 3 rings (SSSR count). The molecular weight excluding hydrogens is 316 g/mol. The maximum Gasteiger partial charge on any atom is 0.328 e. The molecule has 0 unspecified atom stereocenters. The van der Waals surface area contributed by atoms with Crippen LogP contribution in [0.2, 0.25) is 0 Å². The van der Waals surface area contributed by atoms with Gasteiger partial charge in [0.05, 0.1) is 18.1 Å². The summed E-state index contributed by atoms with van der Waals surface area (Å²) in [5.41, 5.74) is 0.551. The number of hydrogen-bond acceptors (Lipinski definition) is 5. The summed E-state index contributed by atoms with van der Waals surface area (Å²) < 4.78 is 0. The Kier molecular flexibility index (Phi) is 6.39. The van der Waals surface area contributed by atoms with Gasteiger partial charge >= 0.3 is 5.97 Å². The Morgan fingerprint density at radius 3 is 2.76 bits per heavy atom. The van der Waals surface area contributed by atoms with Crippen LogP contribution in [0.3, 0.4) is 0 Å². The van der Waals surface area contributed by atoms with E-state index >= 15 is 0 Å². The summed E-state index contributed by atoms with van der Waals surface area (Å²) >= 11 is 0.